The zero-order chi connectivity index (χ0) is 15.9. The highest BCUT2D eigenvalue weighted by molar-refractivity contribution is 5.81. The molecule has 0 aliphatic rings. The largest absolute Gasteiger partial charge is 0.493 e. The van der Waals surface area contributed by atoms with E-state index < -0.39 is 0 Å². The van der Waals surface area contributed by atoms with Gasteiger partial charge in [-0.2, -0.15) is 0 Å². The van der Waals surface area contributed by atoms with E-state index >= 15 is 0 Å². The van der Waals surface area contributed by atoms with E-state index in [4.69, 9.17) is 9.47 Å². The molecule has 6 heteroatoms. The van der Waals surface area contributed by atoms with E-state index in [9.17, 15) is 4.79 Å². The molecule has 0 radical (unpaired) electrons. The van der Waals surface area contributed by atoms with Crippen molar-refractivity contribution in [3.8, 4) is 11.5 Å². The van der Waals surface area contributed by atoms with Crippen LogP contribution in [0.2, 0.25) is 0 Å². The highest BCUT2D eigenvalue weighted by Gasteiger charge is 2.11. The molecule has 22 heavy (non-hydrogen) atoms. The summed E-state index contributed by atoms with van der Waals surface area (Å²) >= 11 is 0. The minimum atomic E-state index is -0.150. The lowest BCUT2D eigenvalue weighted by atomic mass is 10.2. The summed E-state index contributed by atoms with van der Waals surface area (Å²) in [4.78, 5) is 19.5. The van der Waals surface area contributed by atoms with Gasteiger partial charge in [-0.1, -0.05) is 13.3 Å². The van der Waals surface area contributed by atoms with E-state index in [0.717, 1.165) is 6.54 Å². The molecule has 0 saturated heterocycles. The number of fused-ring (bicyclic) bond motifs is 1. The predicted molar refractivity (Wildman–Crippen MR) is 85.5 cm³/mol. The molecule has 6 nitrogen and oxygen atoms in total. The second-order valence-corrected chi connectivity index (χ2v) is 5.23. The third-order valence-electron chi connectivity index (χ3n) is 3.61. The molecular formula is C16H24N3O3+. The normalized spacial score (nSPS) is 10.9. The first-order chi connectivity index (χ1) is 10.7. The van der Waals surface area contributed by atoms with Crippen LogP contribution in [0.1, 0.15) is 32.0 Å². The molecule has 2 aromatic rings. The molecule has 120 valence electrons. The molecule has 0 aliphatic carbocycles. The number of unbranched alkanes of at least 4 members (excludes halogenated alkanes) is 2. The smallest absolute Gasteiger partial charge is 0.259 e. The third kappa shape index (κ3) is 3.76. The number of methoxy groups -OCH3 is 2. The fraction of sp³-hybridized carbons (Fsp3) is 0.500. The Morgan fingerprint density at radius 2 is 1.91 bits per heavy atom. The summed E-state index contributed by atoms with van der Waals surface area (Å²) in [5.41, 5.74) is 0.473. The fourth-order valence-electron chi connectivity index (χ4n) is 2.39. The molecule has 1 heterocycles. The van der Waals surface area contributed by atoms with Gasteiger partial charge in [0, 0.05) is 6.07 Å². The summed E-state index contributed by atoms with van der Waals surface area (Å²) in [7, 11) is 3.12. The SMILES string of the molecule is CCCCC[NH2+]Cc1nc2cc(OC)c(OC)cc2c(=O)[nH]1. The Balaban J connectivity index is 2.22. The second-order valence-electron chi connectivity index (χ2n) is 5.23. The molecule has 0 amide bonds. The number of H-pyrrole nitrogens is 1. The minimum absolute atomic E-state index is 0.150. The number of nitrogens with two attached hydrogens (primary N) is 1. The van der Waals surface area contributed by atoms with E-state index in [1.54, 1.807) is 26.4 Å². The topological polar surface area (TPSA) is 80.8 Å². The van der Waals surface area contributed by atoms with Gasteiger partial charge in [-0.3, -0.25) is 4.79 Å². The Morgan fingerprint density at radius 3 is 2.59 bits per heavy atom. The van der Waals surface area contributed by atoms with Crippen LogP contribution in [-0.4, -0.2) is 30.7 Å². The van der Waals surface area contributed by atoms with Crippen molar-refractivity contribution in [2.75, 3.05) is 20.8 Å². The standard InChI is InChI=1S/C16H23N3O3/c1-4-5-6-7-17-10-15-18-12-9-14(22-3)13(21-2)8-11(12)16(20)19-15/h8-9,17H,4-7,10H2,1-3H3,(H,18,19,20)/p+1. The van der Waals surface area contributed by atoms with Gasteiger partial charge in [0.1, 0.15) is 6.54 Å². The summed E-state index contributed by atoms with van der Waals surface area (Å²) in [5.74, 6) is 1.79. The number of quaternary nitrogens is 1. The number of benzene rings is 1. The Labute approximate surface area is 129 Å². The lowest BCUT2D eigenvalue weighted by Crippen LogP contribution is -2.82. The van der Waals surface area contributed by atoms with Gasteiger partial charge in [0.15, 0.2) is 17.3 Å². The van der Waals surface area contributed by atoms with Crippen LogP contribution in [0, 0.1) is 0 Å². The van der Waals surface area contributed by atoms with Crippen molar-refractivity contribution in [1.29, 1.82) is 0 Å². The predicted octanol–water partition coefficient (Wildman–Crippen LogP) is 1.19. The quantitative estimate of drug-likeness (QED) is 0.718. The number of aromatic nitrogens is 2. The molecule has 3 N–H and O–H groups in total. The van der Waals surface area contributed by atoms with Gasteiger partial charge in [0.2, 0.25) is 0 Å². The maximum Gasteiger partial charge on any atom is 0.259 e. The molecule has 0 aliphatic heterocycles. The van der Waals surface area contributed by atoms with E-state index in [2.05, 4.69) is 22.2 Å². The fourth-order valence-corrected chi connectivity index (χ4v) is 2.39. The van der Waals surface area contributed by atoms with Crippen LogP contribution in [0.4, 0.5) is 0 Å². The zero-order valence-corrected chi connectivity index (χ0v) is 13.4. The first-order valence-corrected chi connectivity index (χ1v) is 7.66. The number of hydrogen-bond acceptors (Lipinski definition) is 4. The number of ether oxygens (including phenoxy) is 2. The molecule has 0 unspecified atom stereocenters. The minimum Gasteiger partial charge on any atom is -0.493 e. The summed E-state index contributed by atoms with van der Waals surface area (Å²) in [5, 5.41) is 2.67. The van der Waals surface area contributed by atoms with E-state index in [1.807, 2.05) is 0 Å². The van der Waals surface area contributed by atoms with Gasteiger partial charge in [-0.15, -0.1) is 0 Å². The van der Waals surface area contributed by atoms with Crippen LogP contribution in [0.15, 0.2) is 16.9 Å². The van der Waals surface area contributed by atoms with Crippen molar-refractivity contribution in [3.05, 3.63) is 28.3 Å². The third-order valence-corrected chi connectivity index (χ3v) is 3.61. The van der Waals surface area contributed by atoms with E-state index in [1.165, 1.54) is 19.3 Å². The number of aromatic amines is 1. The van der Waals surface area contributed by atoms with Gasteiger partial charge < -0.3 is 19.8 Å². The van der Waals surface area contributed by atoms with Crippen LogP contribution in [0.25, 0.3) is 10.9 Å². The molecule has 1 aromatic carbocycles. The first kappa shape index (κ1) is 16.3. The van der Waals surface area contributed by atoms with Crippen molar-refractivity contribution in [2.45, 2.75) is 32.7 Å². The van der Waals surface area contributed by atoms with Crippen LogP contribution in [0.5, 0.6) is 11.5 Å². The highest BCUT2D eigenvalue weighted by Crippen LogP contribution is 2.29. The second kappa shape index (κ2) is 7.79. The summed E-state index contributed by atoms with van der Waals surface area (Å²) in [6.45, 7) is 3.90. The molecule has 0 fully saturated rings. The average Bonchev–Trinajstić information content (AvgIpc) is 2.53. The van der Waals surface area contributed by atoms with Crippen molar-refractivity contribution in [3.63, 3.8) is 0 Å². The van der Waals surface area contributed by atoms with Crippen LogP contribution in [-0.2, 0) is 6.54 Å². The van der Waals surface area contributed by atoms with Gasteiger partial charge in [-0.25, -0.2) is 4.98 Å². The van der Waals surface area contributed by atoms with Crippen molar-refractivity contribution < 1.29 is 14.8 Å². The maximum atomic E-state index is 12.2. The molecule has 2 rings (SSSR count). The Kier molecular flexibility index (Phi) is 5.77. The van der Waals surface area contributed by atoms with Gasteiger partial charge >= 0.3 is 0 Å². The van der Waals surface area contributed by atoms with Crippen LogP contribution in [0.3, 0.4) is 0 Å². The molecular weight excluding hydrogens is 282 g/mol. The van der Waals surface area contributed by atoms with Gasteiger partial charge in [-0.05, 0) is 18.9 Å². The van der Waals surface area contributed by atoms with Crippen LogP contribution < -0.4 is 20.3 Å². The maximum absolute atomic E-state index is 12.2. The van der Waals surface area contributed by atoms with Crippen LogP contribution >= 0.6 is 0 Å². The number of nitrogens with zero attached hydrogens (tertiary/aromatic N) is 1. The van der Waals surface area contributed by atoms with Crippen molar-refractivity contribution in [2.24, 2.45) is 0 Å². The summed E-state index contributed by atoms with van der Waals surface area (Å²) in [6.07, 6.45) is 3.62. The molecule has 0 spiro atoms. The van der Waals surface area contributed by atoms with Crippen molar-refractivity contribution >= 4 is 10.9 Å². The van der Waals surface area contributed by atoms with Gasteiger partial charge in [0.25, 0.3) is 5.56 Å². The molecule has 0 atom stereocenters. The number of nitrogens with one attached hydrogen (secondary N) is 1. The van der Waals surface area contributed by atoms with E-state index in [-0.39, 0.29) is 5.56 Å². The molecule has 1 aromatic heterocycles. The number of hydrogen-bond donors (Lipinski definition) is 2. The lowest BCUT2D eigenvalue weighted by molar-refractivity contribution is -0.672. The first-order valence-electron chi connectivity index (χ1n) is 7.66. The average molecular weight is 306 g/mol. The summed E-state index contributed by atoms with van der Waals surface area (Å²) < 4.78 is 10.5. The summed E-state index contributed by atoms with van der Waals surface area (Å²) in [6, 6.07) is 3.40. The Morgan fingerprint density at radius 1 is 1.18 bits per heavy atom. The zero-order valence-electron chi connectivity index (χ0n) is 13.4. The van der Waals surface area contributed by atoms with E-state index in [0.29, 0.717) is 34.8 Å². The Hall–Kier alpha value is -2.08. The highest BCUT2D eigenvalue weighted by atomic mass is 16.5. The lowest BCUT2D eigenvalue weighted by Gasteiger charge is -2.09. The van der Waals surface area contributed by atoms with Crippen molar-refractivity contribution in [1.82, 2.24) is 9.97 Å². The Bertz CT molecular complexity index is 682. The number of rotatable bonds is 8. The molecule has 0 bridgehead atoms. The monoisotopic (exact) mass is 306 g/mol. The van der Waals surface area contributed by atoms with Gasteiger partial charge in [0.05, 0.1) is 31.7 Å². The molecule has 0 saturated carbocycles.